The molecule has 7 heteroatoms. The predicted molar refractivity (Wildman–Crippen MR) is 77.2 cm³/mol. The van der Waals surface area contributed by atoms with E-state index in [2.05, 4.69) is 0 Å². The molecule has 1 fully saturated rings. The SMILES string of the molecule is CC(Cl)C(=O)N1CCN(c2ccccc2[N+](=O)[O-])CC1. The van der Waals surface area contributed by atoms with Gasteiger partial charge in [0.25, 0.3) is 5.69 Å². The van der Waals surface area contributed by atoms with Gasteiger partial charge in [-0.15, -0.1) is 11.6 Å². The van der Waals surface area contributed by atoms with Crippen molar-refractivity contribution >= 4 is 28.9 Å². The third-order valence-electron chi connectivity index (χ3n) is 3.35. The van der Waals surface area contributed by atoms with Crippen LogP contribution in [0.4, 0.5) is 11.4 Å². The van der Waals surface area contributed by atoms with Crippen LogP contribution in [0.3, 0.4) is 0 Å². The molecule has 1 aliphatic rings. The zero-order valence-electron chi connectivity index (χ0n) is 11.2. The molecule has 0 N–H and O–H groups in total. The van der Waals surface area contributed by atoms with Crippen LogP contribution < -0.4 is 4.90 Å². The van der Waals surface area contributed by atoms with Crippen LogP contribution in [0, 0.1) is 10.1 Å². The van der Waals surface area contributed by atoms with E-state index in [4.69, 9.17) is 11.6 Å². The topological polar surface area (TPSA) is 66.7 Å². The molecular weight excluding hydrogens is 282 g/mol. The van der Waals surface area contributed by atoms with Crippen LogP contribution in [0.15, 0.2) is 24.3 Å². The molecule has 0 aliphatic carbocycles. The highest BCUT2D eigenvalue weighted by Gasteiger charge is 2.26. The lowest BCUT2D eigenvalue weighted by atomic mass is 10.2. The number of nitro benzene ring substituents is 1. The van der Waals surface area contributed by atoms with Gasteiger partial charge in [0.2, 0.25) is 5.91 Å². The zero-order valence-corrected chi connectivity index (χ0v) is 11.9. The Bertz CT molecular complexity index is 513. The van der Waals surface area contributed by atoms with Crippen molar-refractivity contribution in [3.05, 3.63) is 34.4 Å². The highest BCUT2D eigenvalue weighted by atomic mass is 35.5. The maximum absolute atomic E-state index is 11.8. The van der Waals surface area contributed by atoms with Gasteiger partial charge in [0.15, 0.2) is 0 Å². The number of hydrogen-bond acceptors (Lipinski definition) is 4. The van der Waals surface area contributed by atoms with Gasteiger partial charge in [0, 0.05) is 32.2 Å². The van der Waals surface area contributed by atoms with E-state index in [9.17, 15) is 14.9 Å². The van der Waals surface area contributed by atoms with Crippen LogP contribution >= 0.6 is 11.6 Å². The largest absolute Gasteiger partial charge is 0.362 e. The Kier molecular flexibility index (Phi) is 4.44. The Morgan fingerprint density at radius 3 is 2.45 bits per heavy atom. The number of para-hydroxylation sites is 2. The van der Waals surface area contributed by atoms with Crippen LogP contribution in [0.5, 0.6) is 0 Å². The third kappa shape index (κ3) is 3.01. The number of halogens is 1. The molecule has 2 rings (SSSR count). The number of piperazine rings is 1. The Labute approximate surface area is 122 Å². The normalized spacial score (nSPS) is 16.9. The summed E-state index contributed by atoms with van der Waals surface area (Å²) in [7, 11) is 0. The molecule has 1 aromatic rings. The molecular formula is C13H16ClN3O3. The number of nitrogens with zero attached hydrogens (tertiary/aromatic N) is 3. The first kappa shape index (κ1) is 14.6. The van der Waals surface area contributed by atoms with Crippen molar-refractivity contribution in [1.82, 2.24) is 4.90 Å². The van der Waals surface area contributed by atoms with Crippen LogP contribution in [0.2, 0.25) is 0 Å². The quantitative estimate of drug-likeness (QED) is 0.485. The van der Waals surface area contributed by atoms with Crippen LogP contribution in [0.25, 0.3) is 0 Å². The molecule has 1 aromatic carbocycles. The third-order valence-corrected chi connectivity index (χ3v) is 3.54. The fourth-order valence-electron chi connectivity index (χ4n) is 2.31. The van der Waals surface area contributed by atoms with Crippen molar-refractivity contribution in [2.24, 2.45) is 0 Å². The minimum Gasteiger partial charge on any atom is -0.362 e. The van der Waals surface area contributed by atoms with Gasteiger partial charge in [-0.3, -0.25) is 14.9 Å². The average Bonchev–Trinajstić information content (AvgIpc) is 2.46. The van der Waals surface area contributed by atoms with E-state index in [0.29, 0.717) is 31.9 Å². The number of hydrogen-bond donors (Lipinski definition) is 0. The second-order valence-corrected chi connectivity index (χ2v) is 5.33. The van der Waals surface area contributed by atoms with E-state index < -0.39 is 5.38 Å². The van der Waals surface area contributed by atoms with Gasteiger partial charge in [-0.1, -0.05) is 12.1 Å². The molecule has 0 saturated carbocycles. The average molecular weight is 298 g/mol. The van der Waals surface area contributed by atoms with Crippen LogP contribution in [-0.4, -0.2) is 47.3 Å². The summed E-state index contributed by atoms with van der Waals surface area (Å²) in [6, 6.07) is 6.66. The van der Waals surface area contributed by atoms with Crippen molar-refractivity contribution in [1.29, 1.82) is 0 Å². The molecule has 1 aliphatic heterocycles. The van der Waals surface area contributed by atoms with Crippen molar-refractivity contribution in [2.45, 2.75) is 12.3 Å². The number of carbonyl (C=O) groups is 1. The second-order valence-electron chi connectivity index (χ2n) is 4.67. The summed E-state index contributed by atoms with van der Waals surface area (Å²) in [6.07, 6.45) is 0. The van der Waals surface area contributed by atoms with Gasteiger partial charge in [-0.05, 0) is 13.0 Å². The maximum Gasteiger partial charge on any atom is 0.292 e. The lowest BCUT2D eigenvalue weighted by molar-refractivity contribution is -0.384. The molecule has 1 atom stereocenters. The first-order valence-corrected chi connectivity index (χ1v) is 6.85. The number of benzene rings is 1. The van der Waals surface area contributed by atoms with Gasteiger partial charge in [-0.2, -0.15) is 0 Å². The number of amides is 1. The molecule has 108 valence electrons. The van der Waals surface area contributed by atoms with E-state index in [1.54, 1.807) is 30.0 Å². The Morgan fingerprint density at radius 1 is 1.30 bits per heavy atom. The predicted octanol–water partition coefficient (Wildman–Crippen LogP) is 1.87. The fraction of sp³-hybridized carbons (Fsp3) is 0.462. The maximum atomic E-state index is 11.8. The summed E-state index contributed by atoms with van der Waals surface area (Å²) in [5.41, 5.74) is 0.696. The number of nitro groups is 1. The molecule has 1 unspecified atom stereocenters. The fourth-order valence-corrected chi connectivity index (χ4v) is 2.44. The van der Waals surface area contributed by atoms with Crippen molar-refractivity contribution in [2.75, 3.05) is 31.1 Å². The van der Waals surface area contributed by atoms with Crippen molar-refractivity contribution in [3.63, 3.8) is 0 Å². The molecule has 1 amide bonds. The van der Waals surface area contributed by atoms with Gasteiger partial charge < -0.3 is 9.80 Å². The van der Waals surface area contributed by atoms with E-state index in [0.717, 1.165) is 0 Å². The van der Waals surface area contributed by atoms with Gasteiger partial charge >= 0.3 is 0 Å². The van der Waals surface area contributed by atoms with Gasteiger partial charge in [0.1, 0.15) is 11.1 Å². The minimum absolute atomic E-state index is 0.0890. The molecule has 1 saturated heterocycles. The van der Waals surface area contributed by atoms with Gasteiger partial charge in [-0.25, -0.2) is 0 Å². The Hall–Kier alpha value is -1.82. The molecule has 6 nitrogen and oxygen atoms in total. The van der Waals surface area contributed by atoms with E-state index in [1.807, 2.05) is 4.90 Å². The van der Waals surface area contributed by atoms with Crippen LogP contribution in [0.1, 0.15) is 6.92 Å². The molecule has 0 bridgehead atoms. The van der Waals surface area contributed by atoms with E-state index in [-0.39, 0.29) is 16.5 Å². The number of anilines is 1. The highest BCUT2D eigenvalue weighted by Crippen LogP contribution is 2.28. The summed E-state index contributed by atoms with van der Waals surface area (Å²) in [5.74, 6) is -0.0890. The smallest absolute Gasteiger partial charge is 0.292 e. The van der Waals surface area contributed by atoms with E-state index >= 15 is 0 Å². The van der Waals surface area contributed by atoms with Gasteiger partial charge in [0.05, 0.1) is 4.92 Å². The first-order valence-electron chi connectivity index (χ1n) is 6.42. The number of rotatable bonds is 3. The lowest BCUT2D eigenvalue weighted by Crippen LogP contribution is -2.50. The monoisotopic (exact) mass is 297 g/mol. The summed E-state index contributed by atoms with van der Waals surface area (Å²) in [4.78, 5) is 26.1. The Morgan fingerprint density at radius 2 is 1.90 bits per heavy atom. The number of carbonyl (C=O) groups excluding carboxylic acids is 1. The zero-order chi connectivity index (χ0) is 14.7. The molecule has 1 heterocycles. The van der Waals surface area contributed by atoms with E-state index in [1.165, 1.54) is 6.07 Å². The highest BCUT2D eigenvalue weighted by molar-refractivity contribution is 6.30. The second kappa shape index (κ2) is 6.09. The molecule has 20 heavy (non-hydrogen) atoms. The van der Waals surface area contributed by atoms with Crippen molar-refractivity contribution < 1.29 is 9.72 Å². The van der Waals surface area contributed by atoms with Crippen molar-refractivity contribution in [3.8, 4) is 0 Å². The first-order chi connectivity index (χ1) is 9.50. The summed E-state index contributed by atoms with van der Waals surface area (Å²) in [5, 5.41) is 10.5. The standard InChI is InChI=1S/C13H16ClN3O3/c1-10(14)13(18)16-8-6-15(7-9-16)11-4-2-3-5-12(11)17(19)20/h2-5,10H,6-9H2,1H3. The molecule has 0 radical (unpaired) electrons. The summed E-state index contributed by atoms with van der Waals surface area (Å²) in [6.45, 7) is 3.85. The number of alkyl halides is 1. The lowest BCUT2D eigenvalue weighted by Gasteiger charge is -2.36. The molecule has 0 spiro atoms. The minimum atomic E-state index is -0.535. The Balaban J connectivity index is 2.08. The molecule has 0 aromatic heterocycles. The summed E-state index contributed by atoms with van der Waals surface area (Å²) < 4.78 is 0. The van der Waals surface area contributed by atoms with Crippen LogP contribution in [-0.2, 0) is 4.79 Å². The summed E-state index contributed by atoms with van der Waals surface area (Å²) >= 11 is 5.79.